The standard InChI is InChI=1S/C13H19N3O5/c1-20-9-12(17)15-6-4-10(5-7-15)14-8-11-2-3-13(21-11)16(18)19/h2-3,10,14H,4-9H2,1H3. The molecule has 2 rings (SSSR count). The summed E-state index contributed by atoms with van der Waals surface area (Å²) in [6.45, 7) is 1.95. The number of hydrogen-bond acceptors (Lipinski definition) is 6. The number of rotatable bonds is 6. The Bertz CT molecular complexity index is 494. The van der Waals surface area contributed by atoms with Gasteiger partial charge in [0.05, 0.1) is 12.6 Å². The molecule has 1 N–H and O–H groups in total. The van der Waals surface area contributed by atoms with Crippen LogP contribution in [-0.2, 0) is 16.1 Å². The summed E-state index contributed by atoms with van der Waals surface area (Å²) in [6, 6.07) is 3.23. The van der Waals surface area contributed by atoms with Gasteiger partial charge in [0.15, 0.2) is 0 Å². The molecule has 1 fully saturated rings. The highest BCUT2D eigenvalue weighted by molar-refractivity contribution is 5.77. The molecule has 0 atom stereocenters. The Hall–Kier alpha value is -1.93. The van der Waals surface area contributed by atoms with Crippen molar-refractivity contribution in [2.24, 2.45) is 0 Å². The van der Waals surface area contributed by atoms with Crippen LogP contribution < -0.4 is 5.32 Å². The lowest BCUT2D eigenvalue weighted by Crippen LogP contribution is -2.45. The van der Waals surface area contributed by atoms with Crippen LogP contribution in [0.15, 0.2) is 16.5 Å². The van der Waals surface area contributed by atoms with Gasteiger partial charge in [-0.05, 0) is 18.9 Å². The number of carbonyl (C=O) groups is 1. The van der Waals surface area contributed by atoms with Crippen LogP contribution in [0.1, 0.15) is 18.6 Å². The molecule has 1 aromatic heterocycles. The zero-order valence-electron chi connectivity index (χ0n) is 11.9. The van der Waals surface area contributed by atoms with Crippen molar-refractivity contribution in [2.75, 3.05) is 26.8 Å². The first kappa shape index (κ1) is 15.5. The summed E-state index contributed by atoms with van der Waals surface area (Å²) in [6.07, 6.45) is 1.69. The van der Waals surface area contributed by atoms with Gasteiger partial charge in [-0.15, -0.1) is 0 Å². The quantitative estimate of drug-likeness (QED) is 0.619. The Kier molecular flexibility index (Phi) is 5.29. The van der Waals surface area contributed by atoms with Crippen molar-refractivity contribution < 1.29 is 18.9 Å². The van der Waals surface area contributed by atoms with Crippen LogP contribution in [0.25, 0.3) is 0 Å². The average Bonchev–Trinajstić information content (AvgIpc) is 2.95. The molecule has 0 saturated carbocycles. The van der Waals surface area contributed by atoms with Crippen LogP contribution in [0.4, 0.5) is 5.88 Å². The number of nitro groups is 1. The van der Waals surface area contributed by atoms with E-state index in [1.807, 2.05) is 0 Å². The van der Waals surface area contributed by atoms with Crippen LogP contribution in [0, 0.1) is 10.1 Å². The maximum Gasteiger partial charge on any atom is 0.433 e. The van der Waals surface area contributed by atoms with Gasteiger partial charge in [0.1, 0.15) is 17.3 Å². The molecule has 1 saturated heterocycles. The van der Waals surface area contributed by atoms with E-state index in [1.165, 1.54) is 13.2 Å². The summed E-state index contributed by atoms with van der Waals surface area (Å²) in [7, 11) is 1.51. The second-order valence-electron chi connectivity index (χ2n) is 4.97. The minimum atomic E-state index is -0.552. The summed E-state index contributed by atoms with van der Waals surface area (Å²) < 4.78 is 9.92. The number of furan rings is 1. The van der Waals surface area contributed by atoms with Crippen LogP contribution in [0.3, 0.4) is 0 Å². The predicted octanol–water partition coefficient (Wildman–Crippen LogP) is 0.915. The van der Waals surface area contributed by atoms with E-state index in [9.17, 15) is 14.9 Å². The summed E-state index contributed by atoms with van der Waals surface area (Å²) in [5.41, 5.74) is 0. The zero-order chi connectivity index (χ0) is 15.2. The molecule has 0 aliphatic carbocycles. The van der Waals surface area contributed by atoms with Crippen molar-refractivity contribution in [3.8, 4) is 0 Å². The number of amides is 1. The molecule has 1 aliphatic rings. The largest absolute Gasteiger partial charge is 0.433 e. The van der Waals surface area contributed by atoms with E-state index in [4.69, 9.17) is 9.15 Å². The fraction of sp³-hybridized carbons (Fsp3) is 0.615. The van der Waals surface area contributed by atoms with E-state index in [0.717, 1.165) is 12.8 Å². The average molecular weight is 297 g/mol. The molecule has 1 aliphatic heterocycles. The van der Waals surface area contributed by atoms with Gasteiger partial charge in [0.25, 0.3) is 0 Å². The van der Waals surface area contributed by atoms with E-state index in [-0.39, 0.29) is 24.4 Å². The van der Waals surface area contributed by atoms with Crippen LogP contribution in [-0.4, -0.2) is 48.6 Å². The van der Waals surface area contributed by atoms with Crippen molar-refractivity contribution in [1.82, 2.24) is 10.2 Å². The van der Waals surface area contributed by atoms with Gasteiger partial charge in [-0.2, -0.15) is 0 Å². The first-order valence-corrected chi connectivity index (χ1v) is 6.83. The second-order valence-corrected chi connectivity index (χ2v) is 4.97. The molecule has 1 aromatic rings. The van der Waals surface area contributed by atoms with E-state index in [0.29, 0.717) is 25.4 Å². The Morgan fingerprint density at radius 1 is 1.52 bits per heavy atom. The first-order valence-electron chi connectivity index (χ1n) is 6.83. The number of likely N-dealkylation sites (tertiary alicyclic amines) is 1. The van der Waals surface area contributed by atoms with Gasteiger partial charge < -0.3 is 19.4 Å². The molecule has 2 heterocycles. The molecule has 116 valence electrons. The Morgan fingerprint density at radius 3 is 2.81 bits per heavy atom. The molecule has 0 bridgehead atoms. The lowest BCUT2D eigenvalue weighted by Gasteiger charge is -2.32. The number of nitrogens with zero attached hydrogens (tertiary/aromatic N) is 2. The minimum absolute atomic E-state index is 0.0117. The molecule has 8 heteroatoms. The molecule has 21 heavy (non-hydrogen) atoms. The maximum atomic E-state index is 11.7. The fourth-order valence-corrected chi connectivity index (χ4v) is 2.35. The second kappa shape index (κ2) is 7.19. The van der Waals surface area contributed by atoms with E-state index in [2.05, 4.69) is 5.32 Å². The monoisotopic (exact) mass is 297 g/mol. The maximum absolute atomic E-state index is 11.7. The van der Waals surface area contributed by atoms with E-state index in [1.54, 1.807) is 11.0 Å². The Balaban J connectivity index is 1.73. The summed E-state index contributed by atoms with van der Waals surface area (Å²) in [5, 5.41) is 13.8. The van der Waals surface area contributed by atoms with Crippen molar-refractivity contribution in [3.63, 3.8) is 0 Å². The molecular formula is C13H19N3O5. The van der Waals surface area contributed by atoms with Crippen molar-refractivity contribution in [1.29, 1.82) is 0 Å². The number of hydrogen-bond donors (Lipinski definition) is 1. The van der Waals surface area contributed by atoms with Crippen LogP contribution in [0.5, 0.6) is 0 Å². The normalized spacial score (nSPS) is 16.1. The molecule has 1 amide bonds. The third-order valence-corrected chi connectivity index (χ3v) is 3.51. The number of methoxy groups -OCH3 is 1. The first-order chi connectivity index (χ1) is 10.1. The highest BCUT2D eigenvalue weighted by Gasteiger charge is 2.22. The fourth-order valence-electron chi connectivity index (χ4n) is 2.35. The van der Waals surface area contributed by atoms with Gasteiger partial charge in [-0.1, -0.05) is 0 Å². The van der Waals surface area contributed by atoms with E-state index >= 15 is 0 Å². The highest BCUT2D eigenvalue weighted by Crippen LogP contribution is 2.16. The summed E-state index contributed by atoms with van der Waals surface area (Å²) >= 11 is 0. The lowest BCUT2D eigenvalue weighted by atomic mass is 10.0. The van der Waals surface area contributed by atoms with Gasteiger partial charge in [-0.25, -0.2) is 0 Å². The van der Waals surface area contributed by atoms with Crippen LogP contribution >= 0.6 is 0 Å². The summed E-state index contributed by atoms with van der Waals surface area (Å²) in [4.78, 5) is 23.4. The number of piperidine rings is 1. The molecule has 0 unspecified atom stereocenters. The van der Waals surface area contributed by atoms with Crippen LogP contribution in [0.2, 0.25) is 0 Å². The van der Waals surface area contributed by atoms with Crippen molar-refractivity contribution in [3.05, 3.63) is 28.0 Å². The number of ether oxygens (including phenoxy) is 1. The van der Waals surface area contributed by atoms with Gasteiger partial charge in [0, 0.05) is 26.2 Å². The number of nitrogens with one attached hydrogen (secondary N) is 1. The topological polar surface area (TPSA) is 97.8 Å². The SMILES string of the molecule is COCC(=O)N1CCC(NCc2ccc([N+](=O)[O-])o2)CC1. The summed E-state index contributed by atoms with van der Waals surface area (Å²) in [5.74, 6) is 0.309. The smallest absolute Gasteiger partial charge is 0.404 e. The predicted molar refractivity (Wildman–Crippen MR) is 73.7 cm³/mol. The number of carbonyl (C=O) groups excluding carboxylic acids is 1. The molecule has 0 aromatic carbocycles. The van der Waals surface area contributed by atoms with Gasteiger partial charge >= 0.3 is 5.88 Å². The highest BCUT2D eigenvalue weighted by atomic mass is 16.6. The third kappa shape index (κ3) is 4.27. The minimum Gasteiger partial charge on any atom is -0.404 e. The van der Waals surface area contributed by atoms with Gasteiger partial charge in [0.2, 0.25) is 5.91 Å². The molecule has 0 radical (unpaired) electrons. The van der Waals surface area contributed by atoms with E-state index < -0.39 is 4.92 Å². The molecular weight excluding hydrogens is 278 g/mol. The molecule has 0 spiro atoms. The Morgan fingerprint density at radius 2 is 2.24 bits per heavy atom. The lowest BCUT2D eigenvalue weighted by molar-refractivity contribution is -0.402. The van der Waals surface area contributed by atoms with Crippen molar-refractivity contribution in [2.45, 2.75) is 25.4 Å². The van der Waals surface area contributed by atoms with Crippen molar-refractivity contribution >= 4 is 11.8 Å². The molecule has 8 nitrogen and oxygen atoms in total. The van der Waals surface area contributed by atoms with Gasteiger partial charge in [-0.3, -0.25) is 14.9 Å². The zero-order valence-corrected chi connectivity index (χ0v) is 11.9. The Labute approximate surface area is 122 Å². The third-order valence-electron chi connectivity index (χ3n) is 3.51.